The van der Waals surface area contributed by atoms with Gasteiger partial charge in [-0.15, -0.1) is 0 Å². The van der Waals surface area contributed by atoms with E-state index in [0.29, 0.717) is 19.5 Å². The van der Waals surface area contributed by atoms with Crippen LogP contribution in [-0.2, 0) is 19.7 Å². The number of carbonyl (C=O) groups is 2. The predicted molar refractivity (Wildman–Crippen MR) is 105 cm³/mol. The van der Waals surface area contributed by atoms with Gasteiger partial charge in [0.25, 0.3) is 0 Å². The summed E-state index contributed by atoms with van der Waals surface area (Å²) in [5.74, 6) is 0.0446. The van der Waals surface area contributed by atoms with E-state index in [1.165, 1.54) is 5.56 Å². The van der Waals surface area contributed by atoms with Gasteiger partial charge < -0.3 is 15.0 Å². The van der Waals surface area contributed by atoms with Crippen LogP contribution in [0.15, 0.2) is 30.3 Å². The van der Waals surface area contributed by atoms with Crippen molar-refractivity contribution in [3.63, 3.8) is 0 Å². The van der Waals surface area contributed by atoms with Crippen molar-refractivity contribution < 1.29 is 14.3 Å². The molecule has 0 aromatic heterocycles. The first-order valence-corrected chi connectivity index (χ1v) is 10.1. The van der Waals surface area contributed by atoms with Crippen molar-refractivity contribution in [3.05, 3.63) is 35.9 Å². The third-order valence-electron chi connectivity index (χ3n) is 5.91. The maximum Gasteiger partial charge on any atom is 0.239 e. The van der Waals surface area contributed by atoms with E-state index in [1.54, 1.807) is 4.90 Å². The van der Waals surface area contributed by atoms with Gasteiger partial charge in [-0.25, -0.2) is 0 Å². The van der Waals surface area contributed by atoms with Crippen LogP contribution in [0.5, 0.6) is 0 Å². The predicted octanol–water partition coefficient (Wildman–Crippen LogP) is 3.03. The smallest absolute Gasteiger partial charge is 0.239 e. The van der Waals surface area contributed by atoms with Gasteiger partial charge in [-0.2, -0.15) is 0 Å². The van der Waals surface area contributed by atoms with Crippen LogP contribution >= 0.6 is 0 Å². The second-order valence-electron chi connectivity index (χ2n) is 8.55. The summed E-state index contributed by atoms with van der Waals surface area (Å²) in [6.07, 6.45) is 5.27. The Balaban J connectivity index is 1.60. The normalized spacial score (nSPS) is 25.3. The number of hydrogen-bond donors (Lipinski definition) is 1. The summed E-state index contributed by atoms with van der Waals surface area (Å²) in [4.78, 5) is 25.9. The number of ether oxygens (including phenoxy) is 1. The number of carbonyl (C=O) groups excluding carboxylic acids is 2. The van der Waals surface area contributed by atoms with E-state index in [4.69, 9.17) is 4.74 Å². The number of likely N-dealkylation sites (tertiary alicyclic amines) is 1. The zero-order valence-electron chi connectivity index (χ0n) is 16.6. The number of benzene rings is 1. The number of rotatable bonds is 6. The first-order valence-electron chi connectivity index (χ1n) is 10.1. The molecule has 5 heteroatoms. The first-order chi connectivity index (χ1) is 12.9. The number of hydrogen-bond acceptors (Lipinski definition) is 3. The molecule has 3 rings (SSSR count). The highest BCUT2D eigenvalue weighted by atomic mass is 16.5. The largest absolute Gasteiger partial charge is 0.376 e. The minimum atomic E-state index is -0.168. The van der Waals surface area contributed by atoms with Crippen molar-refractivity contribution in [1.29, 1.82) is 0 Å². The zero-order valence-corrected chi connectivity index (χ0v) is 16.6. The van der Waals surface area contributed by atoms with Gasteiger partial charge in [-0.1, -0.05) is 30.3 Å². The van der Waals surface area contributed by atoms with Crippen LogP contribution in [0.2, 0.25) is 0 Å². The molecule has 2 heterocycles. The Morgan fingerprint density at radius 1 is 1.22 bits per heavy atom. The minimum Gasteiger partial charge on any atom is -0.376 e. The lowest BCUT2D eigenvalue weighted by atomic mass is 9.67. The third kappa shape index (κ3) is 5.10. The molecular weight excluding hydrogens is 340 g/mol. The Morgan fingerprint density at radius 2 is 2.00 bits per heavy atom. The van der Waals surface area contributed by atoms with Crippen molar-refractivity contribution in [3.8, 4) is 0 Å². The molecule has 0 saturated carbocycles. The summed E-state index contributed by atoms with van der Waals surface area (Å²) in [6.45, 7) is 6.52. The average Bonchev–Trinajstić information content (AvgIpc) is 2.63. The number of amides is 2. The fraction of sp³-hybridized carbons (Fsp3) is 0.636. The number of nitrogens with one attached hydrogen (secondary N) is 1. The molecule has 2 amide bonds. The van der Waals surface area contributed by atoms with Crippen molar-refractivity contribution in [2.45, 2.75) is 63.4 Å². The second-order valence-corrected chi connectivity index (χ2v) is 8.55. The lowest BCUT2D eigenvalue weighted by molar-refractivity contribution is -0.137. The van der Waals surface area contributed by atoms with Crippen LogP contribution < -0.4 is 5.32 Å². The highest BCUT2D eigenvalue weighted by molar-refractivity contribution is 5.85. The van der Waals surface area contributed by atoms with Crippen LogP contribution in [0.25, 0.3) is 0 Å². The summed E-state index contributed by atoms with van der Waals surface area (Å²) >= 11 is 0. The molecule has 2 saturated heterocycles. The standard InChI is InChI=1S/C22H32N2O3/c1-21(2)17-22(12-15-27-21,18-8-4-3-5-9-18)11-13-23-19(25)16-24-14-7-6-10-20(24)26/h3-5,8-9H,6-7,10-17H2,1-2H3,(H,23,25)/t22-/m1/s1. The molecule has 0 radical (unpaired) electrons. The molecular formula is C22H32N2O3. The van der Waals surface area contributed by atoms with E-state index in [9.17, 15) is 9.59 Å². The molecule has 1 N–H and O–H groups in total. The molecule has 0 aliphatic carbocycles. The van der Waals surface area contributed by atoms with Gasteiger partial charge in [0.05, 0.1) is 12.1 Å². The first kappa shape index (κ1) is 19.9. The van der Waals surface area contributed by atoms with Crippen LogP contribution in [-0.4, -0.2) is 48.6 Å². The molecule has 2 aliphatic heterocycles. The van der Waals surface area contributed by atoms with Gasteiger partial charge in [0.2, 0.25) is 11.8 Å². The van der Waals surface area contributed by atoms with E-state index in [1.807, 2.05) is 6.07 Å². The molecule has 148 valence electrons. The van der Waals surface area contributed by atoms with Crippen molar-refractivity contribution in [1.82, 2.24) is 10.2 Å². The monoisotopic (exact) mass is 372 g/mol. The van der Waals surface area contributed by atoms with Crippen LogP contribution in [0.1, 0.15) is 57.9 Å². The average molecular weight is 373 g/mol. The molecule has 1 aromatic rings. The van der Waals surface area contributed by atoms with Gasteiger partial charge in [-0.05, 0) is 51.5 Å². The Kier molecular flexibility index (Phi) is 6.20. The van der Waals surface area contributed by atoms with Crippen molar-refractivity contribution >= 4 is 11.8 Å². The molecule has 0 bridgehead atoms. The topological polar surface area (TPSA) is 58.6 Å². The Hall–Kier alpha value is -1.88. The van der Waals surface area contributed by atoms with Crippen LogP contribution in [0, 0.1) is 0 Å². The van der Waals surface area contributed by atoms with E-state index < -0.39 is 0 Å². The van der Waals surface area contributed by atoms with Crippen molar-refractivity contribution in [2.24, 2.45) is 0 Å². The molecule has 1 aromatic carbocycles. The molecule has 2 aliphatic rings. The van der Waals surface area contributed by atoms with E-state index >= 15 is 0 Å². The van der Waals surface area contributed by atoms with Crippen LogP contribution in [0.3, 0.4) is 0 Å². The molecule has 1 atom stereocenters. The van der Waals surface area contributed by atoms with Gasteiger partial charge in [0, 0.05) is 31.5 Å². The number of piperidine rings is 1. The van der Waals surface area contributed by atoms with E-state index in [-0.39, 0.29) is 29.4 Å². The van der Waals surface area contributed by atoms with Gasteiger partial charge in [0.1, 0.15) is 0 Å². The summed E-state index contributed by atoms with van der Waals surface area (Å²) in [5.41, 5.74) is 1.16. The fourth-order valence-corrected chi connectivity index (χ4v) is 4.57. The Morgan fingerprint density at radius 3 is 2.70 bits per heavy atom. The molecule has 2 fully saturated rings. The summed E-state index contributed by atoms with van der Waals surface area (Å²) in [5, 5.41) is 3.05. The summed E-state index contributed by atoms with van der Waals surface area (Å²) < 4.78 is 5.95. The fourth-order valence-electron chi connectivity index (χ4n) is 4.57. The second kappa shape index (κ2) is 8.42. The highest BCUT2D eigenvalue weighted by Crippen LogP contribution is 2.43. The SMILES string of the molecule is CC1(C)C[C@](CCNC(=O)CN2CCCCC2=O)(c2ccccc2)CCO1. The third-order valence-corrected chi connectivity index (χ3v) is 5.91. The van der Waals surface area contributed by atoms with Crippen LogP contribution in [0.4, 0.5) is 0 Å². The van der Waals surface area contributed by atoms with E-state index in [2.05, 4.69) is 43.4 Å². The molecule has 5 nitrogen and oxygen atoms in total. The maximum atomic E-state index is 12.3. The van der Waals surface area contributed by atoms with Crippen molar-refractivity contribution in [2.75, 3.05) is 26.2 Å². The maximum absolute atomic E-state index is 12.3. The number of nitrogens with zero attached hydrogens (tertiary/aromatic N) is 1. The summed E-state index contributed by atoms with van der Waals surface area (Å²) in [7, 11) is 0. The lowest BCUT2D eigenvalue weighted by Crippen LogP contribution is -2.47. The molecule has 27 heavy (non-hydrogen) atoms. The highest BCUT2D eigenvalue weighted by Gasteiger charge is 2.41. The molecule has 0 spiro atoms. The Labute approximate surface area is 162 Å². The van der Waals surface area contributed by atoms with E-state index in [0.717, 1.165) is 38.7 Å². The minimum absolute atomic E-state index is 0.0111. The Bertz CT molecular complexity index is 659. The quantitative estimate of drug-likeness (QED) is 0.835. The summed E-state index contributed by atoms with van der Waals surface area (Å²) in [6, 6.07) is 10.6. The van der Waals surface area contributed by atoms with Gasteiger partial charge in [-0.3, -0.25) is 9.59 Å². The van der Waals surface area contributed by atoms with Gasteiger partial charge in [0.15, 0.2) is 0 Å². The zero-order chi connectivity index (χ0) is 19.3. The van der Waals surface area contributed by atoms with Gasteiger partial charge >= 0.3 is 0 Å². The molecule has 0 unspecified atom stereocenters. The lowest BCUT2D eigenvalue weighted by Gasteiger charge is -2.45.